The molecule has 0 aliphatic carbocycles. The van der Waals surface area contributed by atoms with Gasteiger partial charge in [-0.05, 0) is 0 Å². The predicted octanol–water partition coefficient (Wildman–Crippen LogP) is -3.38. The molecule has 134 valence electrons. The first-order chi connectivity index (χ1) is 9.97. The molecule has 3 atom stereocenters. The number of hydrogen-bond acceptors (Lipinski definition) is 15. The molecule has 0 aromatic carbocycles. The molecule has 0 saturated carbocycles. The van der Waals surface area contributed by atoms with E-state index in [9.17, 15) is 28.4 Å². The molecule has 0 amide bonds. The average molecular weight is 391 g/mol. The van der Waals surface area contributed by atoms with Gasteiger partial charge >= 0.3 is 0 Å². The first kappa shape index (κ1) is 22.2. The first-order valence-electron chi connectivity index (χ1n) is 4.71. The molecule has 0 rings (SSSR count). The molecular weight excluding hydrogens is 381 g/mol. The number of rotatable bonds is 12. The lowest BCUT2D eigenvalue weighted by atomic mass is 11.4. The Bertz CT molecular complexity index is 395. The summed E-state index contributed by atoms with van der Waals surface area (Å²) in [6.07, 6.45) is 0. The van der Waals surface area contributed by atoms with Crippen LogP contribution in [-0.4, -0.2) is 42.2 Å². The SMILES string of the molecule is O=P([O-])(OCO)OC(OP(=O)([O-])OCO)OP(=O)([O-])OCO. The maximum atomic E-state index is 11.0. The number of aliphatic hydroxyl groups is 3. The lowest BCUT2D eigenvalue weighted by Crippen LogP contribution is -2.27. The Morgan fingerprint density at radius 3 is 1.09 bits per heavy atom. The minimum atomic E-state index is -5.46. The molecule has 0 aromatic heterocycles. The third-order valence-electron chi connectivity index (χ3n) is 1.29. The second-order valence-electron chi connectivity index (χ2n) is 2.72. The molecule has 3 unspecified atom stereocenters. The molecule has 0 aliphatic heterocycles. The molecule has 15 nitrogen and oxygen atoms in total. The average Bonchev–Trinajstić information content (AvgIpc) is 2.25. The minimum absolute atomic E-state index is 1.43. The van der Waals surface area contributed by atoms with E-state index >= 15 is 0 Å². The van der Waals surface area contributed by atoms with E-state index in [2.05, 4.69) is 27.1 Å². The van der Waals surface area contributed by atoms with Crippen LogP contribution >= 0.6 is 23.5 Å². The Balaban J connectivity index is 5.11. The van der Waals surface area contributed by atoms with Crippen molar-refractivity contribution in [2.45, 2.75) is 6.48 Å². The summed E-state index contributed by atoms with van der Waals surface area (Å²) in [6.45, 7) is -7.35. The third-order valence-corrected chi connectivity index (χ3v) is 3.88. The van der Waals surface area contributed by atoms with Crippen molar-refractivity contribution in [2.24, 2.45) is 0 Å². The summed E-state index contributed by atoms with van der Waals surface area (Å²) in [4.78, 5) is 33.1. The molecule has 0 aliphatic rings. The molecule has 18 heteroatoms. The Morgan fingerprint density at radius 2 is 0.909 bits per heavy atom. The zero-order chi connectivity index (χ0) is 17.4. The van der Waals surface area contributed by atoms with Gasteiger partial charge in [-0.25, -0.2) is 0 Å². The van der Waals surface area contributed by atoms with Gasteiger partial charge < -0.3 is 30.0 Å². The van der Waals surface area contributed by atoms with Crippen molar-refractivity contribution < 1.29 is 70.8 Å². The quantitative estimate of drug-likeness (QED) is 0.217. The summed E-state index contributed by atoms with van der Waals surface area (Å²) in [5, 5.41) is 24.7. The summed E-state index contributed by atoms with van der Waals surface area (Å²) in [7, 11) is -16.4. The number of phosphoric ester groups is 3. The first-order valence-corrected chi connectivity index (χ1v) is 9.09. The van der Waals surface area contributed by atoms with Gasteiger partial charge in [-0.1, -0.05) is 0 Å². The van der Waals surface area contributed by atoms with E-state index in [0.29, 0.717) is 0 Å². The Hall–Kier alpha value is 0.210. The van der Waals surface area contributed by atoms with Gasteiger partial charge in [-0.3, -0.25) is 40.8 Å². The molecular formula is C4H10O15P3-3. The Morgan fingerprint density at radius 1 is 0.682 bits per heavy atom. The molecule has 0 heterocycles. The number of hydrogen-bond donors (Lipinski definition) is 3. The lowest BCUT2D eigenvalue weighted by molar-refractivity contribution is -0.306. The van der Waals surface area contributed by atoms with E-state index in [1.807, 2.05) is 0 Å². The molecule has 0 bridgehead atoms. The van der Waals surface area contributed by atoms with Crippen LogP contribution < -0.4 is 14.7 Å². The maximum Gasteiger partial charge on any atom is 0.290 e. The zero-order valence-electron chi connectivity index (χ0n) is 10.3. The summed E-state index contributed by atoms with van der Waals surface area (Å²) in [5.41, 5.74) is 0. The van der Waals surface area contributed by atoms with E-state index in [0.717, 1.165) is 0 Å². The predicted molar refractivity (Wildman–Crippen MR) is 54.4 cm³/mol. The van der Waals surface area contributed by atoms with Crippen LogP contribution in [0.3, 0.4) is 0 Å². The van der Waals surface area contributed by atoms with Gasteiger partial charge in [0.15, 0.2) is 20.4 Å². The van der Waals surface area contributed by atoms with Crippen molar-refractivity contribution >= 4 is 23.5 Å². The van der Waals surface area contributed by atoms with Gasteiger partial charge in [-0.2, -0.15) is 0 Å². The summed E-state index contributed by atoms with van der Waals surface area (Å²) >= 11 is 0. The van der Waals surface area contributed by atoms with E-state index in [-0.39, 0.29) is 0 Å². The van der Waals surface area contributed by atoms with Crippen LogP contribution in [0.2, 0.25) is 0 Å². The van der Waals surface area contributed by atoms with Gasteiger partial charge in [0.05, 0.1) is 0 Å². The summed E-state index contributed by atoms with van der Waals surface area (Å²) < 4.78 is 55.2. The summed E-state index contributed by atoms with van der Waals surface area (Å²) in [6, 6.07) is 0. The zero-order valence-corrected chi connectivity index (χ0v) is 13.0. The van der Waals surface area contributed by atoms with Crippen LogP contribution in [0, 0.1) is 0 Å². The molecule has 3 N–H and O–H groups in total. The molecule has 0 radical (unpaired) electrons. The van der Waals surface area contributed by atoms with Crippen LogP contribution in [0.25, 0.3) is 0 Å². The largest absolute Gasteiger partial charge is 0.756 e. The molecule has 22 heavy (non-hydrogen) atoms. The smallest absolute Gasteiger partial charge is 0.290 e. The second-order valence-corrected chi connectivity index (χ2v) is 6.81. The molecule has 0 aromatic rings. The van der Waals surface area contributed by atoms with Crippen LogP contribution in [-0.2, 0) is 40.8 Å². The van der Waals surface area contributed by atoms with Gasteiger partial charge in [-0.15, -0.1) is 0 Å². The Kier molecular flexibility index (Phi) is 9.58. The minimum Gasteiger partial charge on any atom is -0.756 e. The van der Waals surface area contributed by atoms with Crippen molar-refractivity contribution in [3.05, 3.63) is 0 Å². The Labute approximate surface area is 122 Å². The van der Waals surface area contributed by atoms with E-state index < -0.39 is 50.3 Å². The van der Waals surface area contributed by atoms with E-state index in [1.165, 1.54) is 0 Å². The topological polar surface area (TPSA) is 236 Å². The fourth-order valence-electron chi connectivity index (χ4n) is 0.677. The second kappa shape index (κ2) is 9.49. The van der Waals surface area contributed by atoms with Gasteiger partial charge in [0.2, 0.25) is 0 Å². The standard InChI is InChI=1S/C4H13O15P3/c5-1-14-20(8,9)17-4(18-21(10,11)15-2-6)19-22(12,13)16-3-7/h4-7H,1-3H2,(H,8,9)(H,10,11)(H,12,13)/p-3. The van der Waals surface area contributed by atoms with Gasteiger partial charge in [0, 0.05) is 0 Å². The fraction of sp³-hybridized carbons (Fsp3) is 1.00. The maximum absolute atomic E-state index is 11.0. The molecule has 0 saturated heterocycles. The fourth-order valence-corrected chi connectivity index (χ4v) is 2.38. The third kappa shape index (κ3) is 10.1. The van der Waals surface area contributed by atoms with Crippen molar-refractivity contribution in [3.8, 4) is 0 Å². The lowest BCUT2D eigenvalue weighted by Gasteiger charge is -2.33. The normalized spacial score (nSPS) is 21.5. The highest BCUT2D eigenvalue weighted by atomic mass is 31.2. The van der Waals surface area contributed by atoms with Crippen molar-refractivity contribution in [3.63, 3.8) is 0 Å². The van der Waals surface area contributed by atoms with Crippen molar-refractivity contribution in [1.82, 2.24) is 0 Å². The van der Waals surface area contributed by atoms with Crippen molar-refractivity contribution in [1.29, 1.82) is 0 Å². The van der Waals surface area contributed by atoms with E-state index in [4.69, 9.17) is 15.3 Å². The number of aliphatic hydroxyl groups excluding tert-OH is 3. The summed E-state index contributed by atoms with van der Waals surface area (Å²) in [5.74, 6) is 0. The number of phosphoric acid groups is 3. The van der Waals surface area contributed by atoms with Crippen LogP contribution in [0.15, 0.2) is 0 Å². The van der Waals surface area contributed by atoms with Gasteiger partial charge in [0.25, 0.3) is 29.9 Å². The van der Waals surface area contributed by atoms with Crippen molar-refractivity contribution in [2.75, 3.05) is 20.4 Å². The highest BCUT2D eigenvalue weighted by Gasteiger charge is 2.29. The monoisotopic (exact) mass is 391 g/mol. The van der Waals surface area contributed by atoms with Crippen LogP contribution in [0.1, 0.15) is 0 Å². The van der Waals surface area contributed by atoms with Gasteiger partial charge in [0.1, 0.15) is 0 Å². The highest BCUT2D eigenvalue weighted by Crippen LogP contribution is 2.50. The van der Waals surface area contributed by atoms with E-state index in [1.54, 1.807) is 0 Å². The van der Waals surface area contributed by atoms with Crippen LogP contribution in [0.4, 0.5) is 0 Å². The molecule has 0 fully saturated rings. The van der Waals surface area contributed by atoms with Crippen LogP contribution in [0.5, 0.6) is 0 Å². The molecule has 0 spiro atoms. The highest BCUT2D eigenvalue weighted by molar-refractivity contribution is 7.47.